The van der Waals surface area contributed by atoms with Crippen molar-refractivity contribution in [1.29, 1.82) is 0 Å². The zero-order valence-electron chi connectivity index (χ0n) is 10.5. The molecule has 3 heteroatoms. The van der Waals surface area contributed by atoms with Crippen molar-refractivity contribution in [2.45, 2.75) is 27.2 Å². The minimum absolute atomic E-state index is 0.225. The number of aryl methyl sites for hydroxylation is 2. The monoisotopic (exact) mass is 231 g/mol. The number of H-pyrrole nitrogens is 1. The highest BCUT2D eigenvalue weighted by atomic mass is 16.5. The van der Waals surface area contributed by atoms with E-state index in [1.54, 1.807) is 0 Å². The van der Waals surface area contributed by atoms with Crippen LogP contribution in [0.25, 0.3) is 10.9 Å². The van der Waals surface area contributed by atoms with Gasteiger partial charge < -0.3 is 9.72 Å². The van der Waals surface area contributed by atoms with Gasteiger partial charge in [-0.3, -0.25) is 4.79 Å². The Morgan fingerprint density at radius 3 is 2.82 bits per heavy atom. The van der Waals surface area contributed by atoms with Crippen LogP contribution in [0, 0.1) is 13.8 Å². The predicted octanol–water partition coefficient (Wildman–Crippen LogP) is 2.89. The summed E-state index contributed by atoms with van der Waals surface area (Å²) >= 11 is 0. The maximum absolute atomic E-state index is 10.7. The van der Waals surface area contributed by atoms with Gasteiger partial charge in [0.05, 0.1) is 6.61 Å². The fraction of sp³-hybridized carbons (Fsp3) is 0.357. The molecule has 17 heavy (non-hydrogen) atoms. The highest BCUT2D eigenvalue weighted by Gasteiger charge is 2.07. The van der Waals surface area contributed by atoms with Gasteiger partial charge >= 0.3 is 5.97 Å². The molecule has 2 aromatic rings. The van der Waals surface area contributed by atoms with Gasteiger partial charge in [0.25, 0.3) is 0 Å². The van der Waals surface area contributed by atoms with Gasteiger partial charge in [-0.1, -0.05) is 6.07 Å². The topological polar surface area (TPSA) is 42.1 Å². The van der Waals surface area contributed by atoms with Gasteiger partial charge in [-0.15, -0.1) is 0 Å². The normalized spacial score (nSPS) is 10.8. The van der Waals surface area contributed by atoms with E-state index in [0.717, 1.165) is 11.9 Å². The first-order chi connectivity index (χ1) is 8.08. The third kappa shape index (κ3) is 2.49. The van der Waals surface area contributed by atoms with Crippen LogP contribution in [0.15, 0.2) is 18.3 Å². The van der Waals surface area contributed by atoms with E-state index in [-0.39, 0.29) is 5.97 Å². The first kappa shape index (κ1) is 11.7. The van der Waals surface area contributed by atoms with E-state index in [4.69, 9.17) is 4.74 Å². The standard InChI is InChI=1S/C14H17NO2/c1-9-6-10(2)14-12(4-5-17-11(3)16)8-15-13(14)7-9/h6-8,15H,4-5H2,1-3H3. The lowest BCUT2D eigenvalue weighted by Gasteiger charge is -2.04. The number of carbonyl (C=O) groups excluding carboxylic acids is 1. The summed E-state index contributed by atoms with van der Waals surface area (Å²) in [5, 5.41) is 1.25. The smallest absolute Gasteiger partial charge is 0.302 e. The number of ether oxygens (including phenoxy) is 1. The van der Waals surface area contributed by atoms with Crippen molar-refractivity contribution in [2.24, 2.45) is 0 Å². The van der Waals surface area contributed by atoms with Crippen molar-refractivity contribution in [3.05, 3.63) is 35.0 Å². The summed E-state index contributed by atoms with van der Waals surface area (Å²) in [7, 11) is 0. The Morgan fingerprint density at radius 1 is 1.35 bits per heavy atom. The zero-order chi connectivity index (χ0) is 12.4. The molecule has 0 amide bonds. The molecule has 0 spiro atoms. The largest absolute Gasteiger partial charge is 0.466 e. The molecule has 0 fully saturated rings. The second-order valence-corrected chi connectivity index (χ2v) is 4.41. The summed E-state index contributed by atoms with van der Waals surface area (Å²) in [5.74, 6) is -0.225. The van der Waals surface area contributed by atoms with Gasteiger partial charge in [0.2, 0.25) is 0 Å². The number of carbonyl (C=O) groups is 1. The van der Waals surface area contributed by atoms with Gasteiger partial charge in [-0.05, 0) is 36.6 Å². The molecule has 1 N–H and O–H groups in total. The van der Waals surface area contributed by atoms with E-state index in [9.17, 15) is 4.79 Å². The number of esters is 1. The lowest BCUT2D eigenvalue weighted by Crippen LogP contribution is -2.03. The van der Waals surface area contributed by atoms with Crippen LogP contribution < -0.4 is 0 Å². The summed E-state index contributed by atoms with van der Waals surface area (Å²) in [6, 6.07) is 4.31. The van der Waals surface area contributed by atoms with Gasteiger partial charge in [0.1, 0.15) is 0 Å². The highest BCUT2D eigenvalue weighted by molar-refractivity contribution is 5.87. The van der Waals surface area contributed by atoms with Gasteiger partial charge in [-0.25, -0.2) is 0 Å². The molecule has 0 saturated heterocycles. The molecule has 1 aromatic heterocycles. The SMILES string of the molecule is CC(=O)OCCc1c[nH]c2cc(C)cc(C)c12. The van der Waals surface area contributed by atoms with E-state index in [1.807, 2.05) is 6.20 Å². The molecule has 0 radical (unpaired) electrons. The summed E-state index contributed by atoms with van der Waals surface area (Å²) in [5.41, 5.74) is 4.88. The predicted molar refractivity (Wildman–Crippen MR) is 68.1 cm³/mol. The molecule has 1 aromatic carbocycles. The van der Waals surface area contributed by atoms with Gasteiger partial charge in [0, 0.05) is 30.4 Å². The number of hydrogen-bond acceptors (Lipinski definition) is 2. The number of nitrogens with one attached hydrogen (secondary N) is 1. The van der Waals surface area contributed by atoms with E-state index >= 15 is 0 Å². The van der Waals surface area contributed by atoms with Crippen LogP contribution in [-0.4, -0.2) is 17.6 Å². The van der Waals surface area contributed by atoms with E-state index in [1.165, 1.54) is 29.0 Å². The lowest BCUT2D eigenvalue weighted by atomic mass is 10.0. The Labute approximate surface area is 101 Å². The van der Waals surface area contributed by atoms with E-state index in [0.29, 0.717) is 6.61 Å². The molecule has 0 unspecified atom stereocenters. The molecule has 3 nitrogen and oxygen atoms in total. The number of fused-ring (bicyclic) bond motifs is 1. The molecular formula is C14H17NO2. The second kappa shape index (κ2) is 4.62. The van der Waals surface area contributed by atoms with Crippen LogP contribution in [0.3, 0.4) is 0 Å². The average molecular weight is 231 g/mol. The Balaban J connectivity index is 2.26. The summed E-state index contributed by atoms with van der Waals surface area (Å²) in [6.07, 6.45) is 2.75. The van der Waals surface area contributed by atoms with Crippen molar-refractivity contribution in [1.82, 2.24) is 4.98 Å². The molecule has 90 valence electrons. The first-order valence-corrected chi connectivity index (χ1v) is 5.78. The van der Waals surface area contributed by atoms with Crippen molar-refractivity contribution >= 4 is 16.9 Å². The summed E-state index contributed by atoms with van der Waals surface area (Å²) in [6.45, 7) is 6.07. The molecular weight excluding hydrogens is 214 g/mol. The van der Waals surface area contributed by atoms with Crippen LogP contribution in [0.1, 0.15) is 23.6 Å². The maximum atomic E-state index is 10.7. The fourth-order valence-corrected chi connectivity index (χ4v) is 2.25. The molecule has 0 bridgehead atoms. The Kier molecular flexibility index (Phi) is 3.18. The number of benzene rings is 1. The van der Waals surface area contributed by atoms with Crippen molar-refractivity contribution in [3.8, 4) is 0 Å². The van der Waals surface area contributed by atoms with E-state index in [2.05, 4.69) is 31.0 Å². The maximum Gasteiger partial charge on any atom is 0.302 e. The fourth-order valence-electron chi connectivity index (χ4n) is 2.25. The molecule has 1 heterocycles. The molecule has 0 aliphatic carbocycles. The second-order valence-electron chi connectivity index (χ2n) is 4.41. The van der Waals surface area contributed by atoms with Crippen molar-refractivity contribution < 1.29 is 9.53 Å². The quantitative estimate of drug-likeness (QED) is 0.825. The van der Waals surface area contributed by atoms with Crippen molar-refractivity contribution in [3.63, 3.8) is 0 Å². The molecule has 2 rings (SSSR count). The molecule has 0 saturated carbocycles. The molecule has 0 aliphatic rings. The number of rotatable bonds is 3. The summed E-state index contributed by atoms with van der Waals surface area (Å²) < 4.78 is 4.97. The number of aromatic amines is 1. The van der Waals surface area contributed by atoms with Crippen LogP contribution in [0.2, 0.25) is 0 Å². The Hall–Kier alpha value is -1.77. The lowest BCUT2D eigenvalue weighted by molar-refractivity contribution is -0.140. The van der Waals surface area contributed by atoms with Gasteiger partial charge in [-0.2, -0.15) is 0 Å². The first-order valence-electron chi connectivity index (χ1n) is 5.78. The minimum Gasteiger partial charge on any atom is -0.466 e. The Morgan fingerprint density at radius 2 is 2.12 bits per heavy atom. The molecule has 0 atom stereocenters. The highest BCUT2D eigenvalue weighted by Crippen LogP contribution is 2.24. The Bertz CT molecular complexity index is 555. The average Bonchev–Trinajstić information content (AvgIpc) is 2.60. The third-order valence-corrected chi connectivity index (χ3v) is 2.88. The zero-order valence-corrected chi connectivity index (χ0v) is 10.5. The third-order valence-electron chi connectivity index (χ3n) is 2.88. The van der Waals surface area contributed by atoms with Gasteiger partial charge in [0.15, 0.2) is 0 Å². The molecule has 0 aliphatic heterocycles. The minimum atomic E-state index is -0.225. The van der Waals surface area contributed by atoms with Crippen LogP contribution >= 0.6 is 0 Å². The number of aromatic nitrogens is 1. The number of hydrogen-bond donors (Lipinski definition) is 1. The summed E-state index contributed by atoms with van der Waals surface area (Å²) in [4.78, 5) is 14.0. The van der Waals surface area contributed by atoms with Crippen molar-refractivity contribution in [2.75, 3.05) is 6.61 Å². The van der Waals surface area contributed by atoms with E-state index < -0.39 is 0 Å². The van der Waals surface area contributed by atoms with Crippen LogP contribution in [0.4, 0.5) is 0 Å². The van der Waals surface area contributed by atoms with Crippen LogP contribution in [0.5, 0.6) is 0 Å². The van der Waals surface area contributed by atoms with Crippen LogP contribution in [-0.2, 0) is 16.0 Å².